The van der Waals surface area contributed by atoms with Gasteiger partial charge in [0.15, 0.2) is 0 Å². The molecule has 2 rings (SSSR count). The summed E-state index contributed by atoms with van der Waals surface area (Å²) in [5, 5.41) is 0. The zero-order valence-electron chi connectivity index (χ0n) is 9.40. The molecule has 0 radical (unpaired) electrons. The van der Waals surface area contributed by atoms with Crippen molar-refractivity contribution >= 4 is 21.6 Å². The largest absolute Gasteiger partial charge is 0.370 e. The van der Waals surface area contributed by atoms with Crippen LogP contribution in [0.2, 0.25) is 0 Å². The summed E-state index contributed by atoms with van der Waals surface area (Å²) in [5.41, 5.74) is 6.90. The minimum absolute atomic E-state index is 0.135. The van der Waals surface area contributed by atoms with Gasteiger partial charge in [0.25, 0.3) is 0 Å². The van der Waals surface area contributed by atoms with Crippen LogP contribution in [0.15, 0.2) is 28.7 Å². The normalized spacial score (nSPS) is 25.8. The molecule has 1 aliphatic rings. The van der Waals surface area contributed by atoms with Crippen LogP contribution in [-0.2, 0) is 4.74 Å². The average Bonchev–Trinajstić information content (AvgIpc) is 2.28. The van der Waals surface area contributed by atoms with Crippen molar-refractivity contribution in [1.82, 2.24) is 0 Å². The van der Waals surface area contributed by atoms with Gasteiger partial charge < -0.3 is 15.4 Å². The molecule has 1 aromatic rings. The summed E-state index contributed by atoms with van der Waals surface area (Å²) in [6, 6.07) is 8.26. The predicted molar refractivity (Wildman–Crippen MR) is 69.7 cm³/mol. The van der Waals surface area contributed by atoms with E-state index in [4.69, 9.17) is 10.5 Å². The lowest BCUT2D eigenvalue weighted by Crippen LogP contribution is -2.49. The van der Waals surface area contributed by atoms with E-state index in [0.717, 1.165) is 17.6 Å². The van der Waals surface area contributed by atoms with Crippen LogP contribution in [0.3, 0.4) is 0 Å². The molecule has 0 aliphatic carbocycles. The Morgan fingerprint density at radius 2 is 2.19 bits per heavy atom. The van der Waals surface area contributed by atoms with E-state index in [0.29, 0.717) is 6.54 Å². The fourth-order valence-corrected chi connectivity index (χ4v) is 2.62. The van der Waals surface area contributed by atoms with Crippen LogP contribution >= 0.6 is 15.9 Å². The summed E-state index contributed by atoms with van der Waals surface area (Å²) in [7, 11) is 0. The monoisotopic (exact) mass is 284 g/mol. The maximum atomic E-state index is 5.75. The van der Waals surface area contributed by atoms with Crippen molar-refractivity contribution in [3.63, 3.8) is 0 Å². The van der Waals surface area contributed by atoms with E-state index in [9.17, 15) is 0 Å². The summed E-state index contributed by atoms with van der Waals surface area (Å²) in [6.07, 6.45) is 0.366. The second-order valence-corrected chi connectivity index (χ2v) is 5.02. The highest BCUT2D eigenvalue weighted by Gasteiger charge is 2.25. The molecule has 88 valence electrons. The Labute approximate surface area is 105 Å². The summed E-state index contributed by atoms with van der Waals surface area (Å²) in [6.45, 7) is 4.44. The van der Waals surface area contributed by atoms with Crippen molar-refractivity contribution in [2.24, 2.45) is 5.73 Å². The van der Waals surface area contributed by atoms with Crippen molar-refractivity contribution in [2.75, 3.05) is 24.5 Å². The molecule has 2 atom stereocenters. The molecule has 0 aromatic heterocycles. The van der Waals surface area contributed by atoms with Crippen LogP contribution in [0.4, 0.5) is 5.69 Å². The van der Waals surface area contributed by atoms with E-state index in [1.54, 1.807) is 0 Å². The molecule has 0 spiro atoms. The van der Waals surface area contributed by atoms with Gasteiger partial charge in [-0.25, -0.2) is 0 Å². The number of benzene rings is 1. The van der Waals surface area contributed by atoms with Crippen LogP contribution < -0.4 is 10.6 Å². The predicted octanol–water partition coefficient (Wildman–Crippen LogP) is 2.00. The van der Waals surface area contributed by atoms with Crippen LogP contribution in [0.5, 0.6) is 0 Å². The lowest BCUT2D eigenvalue weighted by molar-refractivity contribution is -0.0105. The van der Waals surface area contributed by atoms with Crippen LogP contribution in [0.25, 0.3) is 0 Å². The van der Waals surface area contributed by atoms with Gasteiger partial charge in [0.05, 0.1) is 17.9 Å². The molecule has 1 saturated heterocycles. The fraction of sp³-hybridized carbons (Fsp3) is 0.500. The number of nitrogens with two attached hydrogens (primary N) is 1. The van der Waals surface area contributed by atoms with Crippen molar-refractivity contribution in [1.29, 1.82) is 0 Å². The number of rotatable bonds is 2. The first-order valence-corrected chi connectivity index (χ1v) is 6.35. The second-order valence-electron chi connectivity index (χ2n) is 4.16. The Bertz CT molecular complexity index is 359. The number of nitrogens with zero attached hydrogens (tertiary/aromatic N) is 1. The van der Waals surface area contributed by atoms with Gasteiger partial charge in [0.1, 0.15) is 0 Å². The summed E-state index contributed by atoms with van der Waals surface area (Å²) < 4.78 is 6.87. The third-order valence-corrected chi connectivity index (χ3v) is 3.45. The van der Waals surface area contributed by atoms with E-state index in [2.05, 4.69) is 46.0 Å². The number of hydrogen-bond donors (Lipinski definition) is 1. The number of anilines is 1. The second kappa shape index (κ2) is 5.17. The first-order chi connectivity index (χ1) is 7.70. The van der Waals surface area contributed by atoms with Crippen molar-refractivity contribution in [3.05, 3.63) is 28.7 Å². The standard InChI is InChI=1S/C12H17BrN2O/c1-9-7-15(8-10(6-14)16-9)12-5-3-2-4-11(12)13/h2-5,9-10H,6-8,14H2,1H3. The Morgan fingerprint density at radius 3 is 2.88 bits per heavy atom. The summed E-state index contributed by atoms with van der Waals surface area (Å²) in [4.78, 5) is 2.33. The lowest BCUT2D eigenvalue weighted by atomic mass is 10.2. The number of ether oxygens (including phenoxy) is 1. The molecule has 2 unspecified atom stereocenters. The molecule has 3 nitrogen and oxygen atoms in total. The van der Waals surface area contributed by atoms with E-state index < -0.39 is 0 Å². The minimum Gasteiger partial charge on any atom is -0.370 e. The van der Waals surface area contributed by atoms with Gasteiger partial charge in [0, 0.05) is 24.1 Å². The van der Waals surface area contributed by atoms with Gasteiger partial charge in [-0.05, 0) is 35.0 Å². The Kier molecular flexibility index (Phi) is 3.84. The lowest BCUT2D eigenvalue weighted by Gasteiger charge is -2.38. The minimum atomic E-state index is 0.135. The molecule has 4 heteroatoms. The van der Waals surface area contributed by atoms with E-state index >= 15 is 0 Å². The zero-order chi connectivity index (χ0) is 11.5. The highest BCUT2D eigenvalue weighted by Crippen LogP contribution is 2.28. The van der Waals surface area contributed by atoms with Gasteiger partial charge in [-0.2, -0.15) is 0 Å². The molecule has 0 amide bonds. The van der Waals surface area contributed by atoms with Gasteiger partial charge in [-0.1, -0.05) is 12.1 Å². The molecule has 16 heavy (non-hydrogen) atoms. The molecule has 2 N–H and O–H groups in total. The molecule has 1 heterocycles. The van der Waals surface area contributed by atoms with E-state index in [-0.39, 0.29) is 12.2 Å². The molecule has 1 aromatic carbocycles. The average molecular weight is 285 g/mol. The number of halogens is 1. The highest BCUT2D eigenvalue weighted by molar-refractivity contribution is 9.10. The van der Waals surface area contributed by atoms with Gasteiger partial charge in [-0.15, -0.1) is 0 Å². The Hall–Kier alpha value is -0.580. The smallest absolute Gasteiger partial charge is 0.0876 e. The SMILES string of the molecule is CC1CN(c2ccccc2Br)CC(CN)O1. The molecule has 1 aliphatic heterocycles. The highest BCUT2D eigenvalue weighted by atomic mass is 79.9. The number of morpholine rings is 1. The maximum absolute atomic E-state index is 5.75. The first-order valence-electron chi connectivity index (χ1n) is 5.55. The Balaban J connectivity index is 2.17. The third kappa shape index (κ3) is 2.56. The van der Waals surface area contributed by atoms with Crippen molar-refractivity contribution < 1.29 is 4.74 Å². The quantitative estimate of drug-likeness (QED) is 0.903. The summed E-state index contributed by atoms with van der Waals surface area (Å²) in [5.74, 6) is 0. The first kappa shape index (κ1) is 11.9. The molecule has 0 saturated carbocycles. The molecular formula is C12H17BrN2O. The number of para-hydroxylation sites is 1. The van der Waals surface area contributed by atoms with Crippen molar-refractivity contribution in [2.45, 2.75) is 19.1 Å². The molecular weight excluding hydrogens is 268 g/mol. The fourth-order valence-electron chi connectivity index (χ4n) is 2.08. The molecule has 0 bridgehead atoms. The van der Waals surface area contributed by atoms with Crippen LogP contribution in [0.1, 0.15) is 6.92 Å². The Morgan fingerprint density at radius 1 is 1.44 bits per heavy atom. The third-order valence-electron chi connectivity index (χ3n) is 2.78. The molecule has 1 fully saturated rings. The van der Waals surface area contributed by atoms with Gasteiger partial charge >= 0.3 is 0 Å². The van der Waals surface area contributed by atoms with Gasteiger partial charge in [0.2, 0.25) is 0 Å². The van der Waals surface area contributed by atoms with Crippen LogP contribution in [0, 0.1) is 0 Å². The van der Waals surface area contributed by atoms with Gasteiger partial charge in [-0.3, -0.25) is 0 Å². The zero-order valence-corrected chi connectivity index (χ0v) is 11.0. The topological polar surface area (TPSA) is 38.5 Å². The van der Waals surface area contributed by atoms with Crippen molar-refractivity contribution in [3.8, 4) is 0 Å². The van der Waals surface area contributed by atoms with Crippen LogP contribution in [-0.4, -0.2) is 31.8 Å². The maximum Gasteiger partial charge on any atom is 0.0876 e. The number of hydrogen-bond acceptors (Lipinski definition) is 3. The van der Waals surface area contributed by atoms with E-state index in [1.807, 2.05) is 6.07 Å². The van der Waals surface area contributed by atoms with E-state index in [1.165, 1.54) is 5.69 Å². The summed E-state index contributed by atoms with van der Waals surface area (Å²) >= 11 is 3.58.